The van der Waals surface area contributed by atoms with Gasteiger partial charge in [0.25, 0.3) is 0 Å². The summed E-state index contributed by atoms with van der Waals surface area (Å²) in [5.74, 6) is 0.406. The SMILES string of the molecule is O=C1[C@@H]2[C@H](C(=O)N1CCNc1ncc(C(F)(F)F)cc1Cl)[C@@H]1CSCN1[C@@H]2/C=C/c1ccccc1. The van der Waals surface area contributed by atoms with Crippen molar-refractivity contribution in [1.82, 2.24) is 14.8 Å². The first-order valence-electron chi connectivity index (χ1n) is 11.1. The van der Waals surface area contributed by atoms with E-state index < -0.39 is 23.6 Å². The van der Waals surface area contributed by atoms with Crippen molar-refractivity contribution in [3.05, 3.63) is 64.8 Å². The van der Waals surface area contributed by atoms with Gasteiger partial charge in [-0.2, -0.15) is 13.2 Å². The maximum absolute atomic E-state index is 13.4. The molecule has 184 valence electrons. The molecule has 2 amide bonds. The lowest BCUT2D eigenvalue weighted by Gasteiger charge is -2.26. The van der Waals surface area contributed by atoms with Gasteiger partial charge in [0.1, 0.15) is 5.82 Å². The Kier molecular flexibility index (Phi) is 6.54. The summed E-state index contributed by atoms with van der Waals surface area (Å²) in [7, 11) is 0. The standard InChI is InChI=1S/C24H22ClF3N4O2S/c25-16-10-15(24(26,27)28)11-30-21(16)29-8-9-31-22(33)19-17(7-6-14-4-2-1-3-5-14)32-13-35-12-18(32)20(19)23(31)34/h1-7,10-11,17-20H,8-9,12-13H2,(H,29,30)/b7-6+/t17-,18+,19+,20-/m1/s1. The van der Waals surface area contributed by atoms with Crippen molar-refractivity contribution in [1.29, 1.82) is 0 Å². The molecule has 0 spiro atoms. The highest BCUT2D eigenvalue weighted by atomic mass is 35.5. The molecule has 1 aromatic carbocycles. The summed E-state index contributed by atoms with van der Waals surface area (Å²) in [6.45, 7) is 0.210. The number of anilines is 1. The Morgan fingerprint density at radius 2 is 1.91 bits per heavy atom. The van der Waals surface area contributed by atoms with Gasteiger partial charge >= 0.3 is 6.18 Å². The summed E-state index contributed by atoms with van der Waals surface area (Å²) in [5, 5.41) is 2.66. The lowest BCUT2D eigenvalue weighted by molar-refractivity contribution is -0.141. The largest absolute Gasteiger partial charge is 0.417 e. The van der Waals surface area contributed by atoms with Gasteiger partial charge in [-0.25, -0.2) is 4.98 Å². The number of rotatable bonds is 6. The third kappa shape index (κ3) is 4.54. The van der Waals surface area contributed by atoms with Gasteiger partial charge in [0.15, 0.2) is 0 Å². The second-order valence-electron chi connectivity index (χ2n) is 8.70. The number of thioether (sulfide) groups is 1. The number of hydrogen-bond donors (Lipinski definition) is 1. The third-order valence-corrected chi connectivity index (χ3v) is 8.04. The summed E-state index contributed by atoms with van der Waals surface area (Å²) in [4.78, 5) is 33.9. The van der Waals surface area contributed by atoms with Crippen LogP contribution in [0.4, 0.5) is 19.0 Å². The molecule has 2 aromatic rings. The number of aromatic nitrogens is 1. The van der Waals surface area contributed by atoms with Crippen LogP contribution < -0.4 is 5.32 Å². The molecule has 0 aliphatic carbocycles. The number of fused-ring (bicyclic) bond motifs is 3. The molecule has 3 saturated heterocycles. The van der Waals surface area contributed by atoms with E-state index in [1.54, 1.807) is 11.8 Å². The molecule has 0 saturated carbocycles. The molecule has 0 bridgehead atoms. The normalized spacial score (nSPS) is 26.6. The van der Waals surface area contributed by atoms with Crippen LogP contribution in [0, 0.1) is 11.8 Å². The highest BCUT2D eigenvalue weighted by molar-refractivity contribution is 7.99. The van der Waals surface area contributed by atoms with E-state index in [0.29, 0.717) is 6.20 Å². The van der Waals surface area contributed by atoms with E-state index in [9.17, 15) is 22.8 Å². The number of carbonyl (C=O) groups is 2. The van der Waals surface area contributed by atoms with Crippen LogP contribution in [0.2, 0.25) is 5.02 Å². The molecular formula is C24H22ClF3N4O2S. The molecular weight excluding hydrogens is 501 g/mol. The second-order valence-corrected chi connectivity index (χ2v) is 10.1. The quantitative estimate of drug-likeness (QED) is 0.573. The first kappa shape index (κ1) is 24.1. The number of nitrogens with one attached hydrogen (secondary N) is 1. The van der Waals surface area contributed by atoms with Crippen LogP contribution in [0.15, 0.2) is 48.7 Å². The van der Waals surface area contributed by atoms with Crippen molar-refractivity contribution in [2.75, 3.05) is 30.0 Å². The molecule has 0 radical (unpaired) electrons. The summed E-state index contributed by atoms with van der Waals surface area (Å²) in [6.07, 6.45) is 0.172. The van der Waals surface area contributed by atoms with Gasteiger partial charge in [-0.1, -0.05) is 54.1 Å². The molecule has 4 heterocycles. The van der Waals surface area contributed by atoms with E-state index >= 15 is 0 Å². The van der Waals surface area contributed by atoms with Crippen molar-refractivity contribution in [3.8, 4) is 0 Å². The van der Waals surface area contributed by atoms with Crippen LogP contribution in [0.25, 0.3) is 6.08 Å². The fraction of sp³-hybridized carbons (Fsp3) is 0.375. The van der Waals surface area contributed by atoms with Gasteiger partial charge in [0, 0.05) is 43.0 Å². The molecule has 5 rings (SSSR count). The minimum atomic E-state index is -4.54. The number of pyridine rings is 1. The Morgan fingerprint density at radius 1 is 1.17 bits per heavy atom. The van der Waals surface area contributed by atoms with E-state index in [2.05, 4.69) is 15.2 Å². The predicted octanol–water partition coefficient (Wildman–Crippen LogP) is 4.24. The Hall–Kier alpha value is -2.56. The van der Waals surface area contributed by atoms with Crippen LogP contribution in [-0.2, 0) is 15.8 Å². The summed E-state index contributed by atoms with van der Waals surface area (Å²) in [6, 6.07) is 10.4. The monoisotopic (exact) mass is 522 g/mol. The molecule has 1 aromatic heterocycles. The maximum Gasteiger partial charge on any atom is 0.417 e. The molecule has 3 fully saturated rings. The van der Waals surface area contributed by atoms with Crippen LogP contribution in [-0.4, -0.2) is 63.4 Å². The first-order valence-corrected chi connectivity index (χ1v) is 12.7. The number of imide groups is 1. The topological polar surface area (TPSA) is 65.5 Å². The van der Waals surface area contributed by atoms with Crippen LogP contribution in [0.3, 0.4) is 0 Å². The lowest BCUT2D eigenvalue weighted by atomic mass is 9.89. The average molecular weight is 523 g/mol. The highest BCUT2D eigenvalue weighted by Gasteiger charge is 2.62. The zero-order chi connectivity index (χ0) is 24.7. The third-order valence-electron chi connectivity index (χ3n) is 6.69. The van der Waals surface area contributed by atoms with Crippen molar-refractivity contribution in [2.45, 2.75) is 18.3 Å². The summed E-state index contributed by atoms with van der Waals surface area (Å²) >= 11 is 7.70. The Bertz CT molecular complexity index is 1160. The lowest BCUT2D eigenvalue weighted by Crippen LogP contribution is -2.43. The van der Waals surface area contributed by atoms with E-state index in [4.69, 9.17) is 11.6 Å². The predicted molar refractivity (Wildman–Crippen MR) is 129 cm³/mol. The maximum atomic E-state index is 13.4. The molecule has 0 unspecified atom stereocenters. The van der Waals surface area contributed by atoms with Gasteiger partial charge in [0.2, 0.25) is 11.8 Å². The van der Waals surface area contributed by atoms with Crippen LogP contribution in [0.5, 0.6) is 0 Å². The summed E-state index contributed by atoms with van der Waals surface area (Å²) < 4.78 is 38.5. The van der Waals surface area contributed by atoms with Crippen molar-refractivity contribution in [3.63, 3.8) is 0 Å². The Balaban J connectivity index is 1.28. The number of benzene rings is 1. The molecule has 6 nitrogen and oxygen atoms in total. The second kappa shape index (κ2) is 9.48. The van der Waals surface area contributed by atoms with Gasteiger partial charge in [-0.05, 0) is 11.6 Å². The minimum absolute atomic E-state index is 0.0101. The number of hydrogen-bond acceptors (Lipinski definition) is 6. The van der Waals surface area contributed by atoms with E-state index in [-0.39, 0.29) is 47.8 Å². The molecule has 35 heavy (non-hydrogen) atoms. The van der Waals surface area contributed by atoms with Gasteiger partial charge in [-0.3, -0.25) is 19.4 Å². The molecule has 11 heteroatoms. The average Bonchev–Trinajstić information content (AvgIpc) is 3.47. The number of likely N-dealkylation sites (tertiary alicyclic amines) is 1. The minimum Gasteiger partial charge on any atom is -0.367 e. The fourth-order valence-corrected chi connectivity index (χ4v) is 6.62. The Labute approximate surface area is 209 Å². The number of nitrogens with zero attached hydrogens (tertiary/aromatic N) is 3. The van der Waals surface area contributed by atoms with E-state index in [0.717, 1.165) is 23.3 Å². The highest BCUT2D eigenvalue weighted by Crippen LogP contribution is 2.47. The molecule has 3 aliphatic rings. The van der Waals surface area contributed by atoms with Crippen molar-refractivity contribution < 1.29 is 22.8 Å². The Morgan fingerprint density at radius 3 is 2.63 bits per heavy atom. The zero-order valence-electron chi connectivity index (χ0n) is 18.4. The smallest absolute Gasteiger partial charge is 0.367 e. The molecule has 4 atom stereocenters. The van der Waals surface area contributed by atoms with Crippen LogP contribution >= 0.6 is 23.4 Å². The van der Waals surface area contributed by atoms with Gasteiger partial charge in [0.05, 0.1) is 22.4 Å². The van der Waals surface area contributed by atoms with Crippen molar-refractivity contribution in [2.24, 2.45) is 11.8 Å². The number of halogens is 4. The number of alkyl halides is 3. The number of carbonyl (C=O) groups excluding carboxylic acids is 2. The zero-order valence-corrected chi connectivity index (χ0v) is 20.0. The van der Waals surface area contributed by atoms with Crippen LogP contribution in [0.1, 0.15) is 11.1 Å². The molecule has 3 aliphatic heterocycles. The molecule has 1 N–H and O–H groups in total. The fourth-order valence-electron chi connectivity index (χ4n) is 5.07. The van der Waals surface area contributed by atoms with Crippen molar-refractivity contribution >= 4 is 47.1 Å². The number of amides is 2. The van der Waals surface area contributed by atoms with Gasteiger partial charge < -0.3 is 5.32 Å². The first-order chi connectivity index (χ1) is 16.8. The summed E-state index contributed by atoms with van der Waals surface area (Å²) in [5.41, 5.74) is 0.0810. The van der Waals surface area contributed by atoms with E-state index in [1.807, 2.05) is 42.5 Å². The van der Waals surface area contributed by atoms with Gasteiger partial charge in [-0.15, -0.1) is 11.8 Å². The van der Waals surface area contributed by atoms with E-state index in [1.165, 1.54) is 4.90 Å².